The topological polar surface area (TPSA) is 141 Å². The smallest absolute Gasteiger partial charge is 0.271 e. The molecule has 1 aliphatic carbocycles. The van der Waals surface area contributed by atoms with Gasteiger partial charge in [0.2, 0.25) is 0 Å². The molecule has 3 saturated heterocycles. The molecule has 0 atom stereocenters. The van der Waals surface area contributed by atoms with E-state index in [0.29, 0.717) is 34.5 Å². The fourth-order valence-electron chi connectivity index (χ4n) is 8.06. The van der Waals surface area contributed by atoms with E-state index < -0.39 is 5.91 Å². The molecule has 4 fully saturated rings. The number of anilines is 4. The van der Waals surface area contributed by atoms with Gasteiger partial charge in [0, 0.05) is 81.6 Å². The summed E-state index contributed by atoms with van der Waals surface area (Å²) in [7, 11) is 2.22. The number of ether oxygens (including phenoxy) is 1. The minimum Gasteiger partial charge on any atom is -0.381 e. The van der Waals surface area contributed by atoms with Crippen molar-refractivity contribution in [3.63, 3.8) is 0 Å². The number of carbonyl (C=O) groups is 1. The van der Waals surface area contributed by atoms with Crippen LogP contribution >= 0.6 is 0 Å². The number of hydrogen-bond donors (Lipinski definition) is 4. The lowest BCUT2D eigenvalue weighted by Gasteiger charge is -2.50. The second-order valence-electron chi connectivity index (χ2n) is 14.2. The van der Waals surface area contributed by atoms with Crippen molar-refractivity contribution < 1.29 is 9.53 Å². The normalized spacial score (nSPS) is 21.1. The Morgan fingerprint density at radius 3 is 2.45 bits per heavy atom. The lowest BCUT2D eigenvalue weighted by atomic mass is 9.61. The Hall–Kier alpha value is -3.74. The third-order valence-electron chi connectivity index (χ3n) is 10.9. The number of nitrogens with zero attached hydrogens (tertiary/aromatic N) is 6. The van der Waals surface area contributed by atoms with E-state index in [1.54, 1.807) is 0 Å². The van der Waals surface area contributed by atoms with E-state index in [4.69, 9.17) is 20.4 Å². The number of aromatic amines is 1. The Morgan fingerprint density at radius 2 is 1.79 bits per heavy atom. The number of piperazine rings is 1. The number of primary amides is 1. The molecular formula is C35H50N10O2. The van der Waals surface area contributed by atoms with Crippen molar-refractivity contribution in [3.8, 4) is 11.4 Å². The van der Waals surface area contributed by atoms with Gasteiger partial charge in [-0.1, -0.05) is 6.92 Å². The predicted octanol–water partition coefficient (Wildman–Crippen LogP) is 4.17. The van der Waals surface area contributed by atoms with Gasteiger partial charge in [-0.3, -0.25) is 14.8 Å². The standard InChI is InChI=1S/C35H50N10O2/c1-4-24-20-25(5-6-29(24)45-11-7-27(8-12-45)44-15-13-43(3)14-16-44)37-34-31(32(36)46)39-30(28-19-23(2)41-42-28)33(40-34)38-26-21-35(22-26)9-17-47-18-10-35/h5-6,19-20,26-27H,4,7-18,21-22H2,1-3H3,(H2,36,46)(H,41,42)(H2,37,38,40). The van der Waals surface area contributed by atoms with Crippen LogP contribution in [0.1, 0.15) is 67.2 Å². The number of hydrogen-bond acceptors (Lipinski definition) is 10. The van der Waals surface area contributed by atoms with Crippen LogP contribution in [0.5, 0.6) is 0 Å². The van der Waals surface area contributed by atoms with Crippen molar-refractivity contribution in [2.24, 2.45) is 11.1 Å². The second-order valence-corrected chi connectivity index (χ2v) is 14.2. The molecule has 0 unspecified atom stereocenters. The maximum atomic E-state index is 12.8. The number of aromatic nitrogens is 4. The van der Waals surface area contributed by atoms with Gasteiger partial charge in [0.05, 0.1) is 0 Å². The number of carbonyl (C=O) groups excluding carboxylic acids is 1. The SMILES string of the molecule is CCc1cc(Nc2nc(NC3CC4(CCOCC4)C3)c(-c3cc(C)[nH]n3)nc2C(N)=O)ccc1N1CCC(N2CCN(C)CC2)CC1. The molecule has 0 bridgehead atoms. The number of nitrogens with two attached hydrogens (primary N) is 1. The number of piperidine rings is 1. The maximum absolute atomic E-state index is 12.8. The van der Waals surface area contributed by atoms with Gasteiger partial charge < -0.3 is 30.9 Å². The van der Waals surface area contributed by atoms with Gasteiger partial charge in [-0.2, -0.15) is 5.10 Å². The summed E-state index contributed by atoms with van der Waals surface area (Å²) in [5, 5.41) is 14.5. The largest absolute Gasteiger partial charge is 0.381 e. The molecule has 12 nitrogen and oxygen atoms in total. The number of amides is 1. The molecule has 5 N–H and O–H groups in total. The highest BCUT2D eigenvalue weighted by Gasteiger charge is 2.45. The Balaban J connectivity index is 1.10. The van der Waals surface area contributed by atoms with Gasteiger partial charge in [-0.05, 0) is 94.2 Å². The first kappa shape index (κ1) is 31.8. The number of rotatable bonds is 9. The number of likely N-dealkylation sites (N-methyl/N-ethyl adjacent to an activating group) is 1. The van der Waals surface area contributed by atoms with Gasteiger partial charge in [-0.15, -0.1) is 0 Å². The summed E-state index contributed by atoms with van der Waals surface area (Å²) in [5.74, 6) is 0.311. The molecule has 0 radical (unpaired) electrons. The molecule has 2 aromatic heterocycles. The highest BCUT2D eigenvalue weighted by molar-refractivity contribution is 5.97. The molecule has 3 aromatic rings. The highest BCUT2D eigenvalue weighted by atomic mass is 16.5. The van der Waals surface area contributed by atoms with Crippen molar-refractivity contribution in [1.29, 1.82) is 0 Å². The lowest BCUT2D eigenvalue weighted by Crippen LogP contribution is -2.52. The van der Waals surface area contributed by atoms with Crippen molar-refractivity contribution >= 4 is 28.9 Å². The van der Waals surface area contributed by atoms with Crippen LogP contribution in [0.2, 0.25) is 0 Å². The van der Waals surface area contributed by atoms with Gasteiger partial charge >= 0.3 is 0 Å². The second kappa shape index (κ2) is 13.4. The lowest BCUT2D eigenvalue weighted by molar-refractivity contribution is -0.0342. The number of benzene rings is 1. The summed E-state index contributed by atoms with van der Waals surface area (Å²) in [6, 6.07) is 9.30. The maximum Gasteiger partial charge on any atom is 0.271 e. The number of aryl methyl sites for hydroxylation is 2. The van der Waals surface area contributed by atoms with Crippen LogP contribution in [-0.2, 0) is 11.2 Å². The van der Waals surface area contributed by atoms with Crippen molar-refractivity contribution in [2.75, 3.05) is 75.1 Å². The zero-order valence-electron chi connectivity index (χ0n) is 28.1. The summed E-state index contributed by atoms with van der Waals surface area (Å²) in [6.07, 6.45) is 7.60. The quantitative estimate of drug-likeness (QED) is 0.269. The molecule has 1 amide bonds. The summed E-state index contributed by atoms with van der Waals surface area (Å²) < 4.78 is 5.62. The molecule has 1 spiro atoms. The fraction of sp³-hybridized carbons (Fsp3) is 0.600. The van der Waals surface area contributed by atoms with E-state index in [0.717, 1.165) is 82.9 Å². The Labute approximate surface area is 277 Å². The summed E-state index contributed by atoms with van der Waals surface area (Å²) in [6.45, 7) is 12.6. The van der Waals surface area contributed by atoms with E-state index in [1.807, 2.05) is 13.0 Å². The molecule has 5 heterocycles. The molecule has 12 heteroatoms. The minimum atomic E-state index is -0.639. The van der Waals surface area contributed by atoms with Crippen molar-refractivity contribution in [1.82, 2.24) is 30.0 Å². The van der Waals surface area contributed by atoms with Crippen LogP contribution in [0, 0.1) is 12.3 Å². The first-order valence-corrected chi connectivity index (χ1v) is 17.5. The monoisotopic (exact) mass is 642 g/mol. The highest BCUT2D eigenvalue weighted by Crippen LogP contribution is 2.50. The van der Waals surface area contributed by atoms with Gasteiger partial charge in [0.1, 0.15) is 11.4 Å². The molecule has 252 valence electrons. The molecular weight excluding hydrogens is 592 g/mol. The first-order chi connectivity index (χ1) is 22.8. The van der Waals surface area contributed by atoms with Crippen LogP contribution in [0.4, 0.5) is 23.0 Å². The Kier molecular flexibility index (Phi) is 9.08. The third-order valence-corrected chi connectivity index (χ3v) is 10.9. The third kappa shape index (κ3) is 6.81. The number of H-pyrrole nitrogens is 1. The van der Waals surface area contributed by atoms with Crippen molar-refractivity contribution in [2.45, 2.75) is 70.9 Å². The van der Waals surface area contributed by atoms with E-state index in [1.165, 1.54) is 37.2 Å². The van der Waals surface area contributed by atoms with Crippen molar-refractivity contribution in [3.05, 3.63) is 41.2 Å². The zero-order chi connectivity index (χ0) is 32.5. The summed E-state index contributed by atoms with van der Waals surface area (Å²) in [4.78, 5) is 30.2. The van der Waals surface area contributed by atoms with Crippen LogP contribution in [0.3, 0.4) is 0 Å². The molecule has 4 aliphatic rings. The van der Waals surface area contributed by atoms with Gasteiger partial charge in [0.25, 0.3) is 5.91 Å². The van der Waals surface area contributed by atoms with E-state index in [2.05, 4.69) is 67.7 Å². The van der Waals surface area contributed by atoms with Gasteiger partial charge in [-0.25, -0.2) is 9.97 Å². The van der Waals surface area contributed by atoms with E-state index >= 15 is 0 Å². The predicted molar refractivity (Wildman–Crippen MR) is 185 cm³/mol. The minimum absolute atomic E-state index is 0.0915. The van der Waals surface area contributed by atoms with Crippen LogP contribution in [0.15, 0.2) is 24.3 Å². The Morgan fingerprint density at radius 1 is 1.04 bits per heavy atom. The molecule has 3 aliphatic heterocycles. The zero-order valence-corrected chi connectivity index (χ0v) is 28.1. The molecule has 1 aromatic carbocycles. The summed E-state index contributed by atoms with van der Waals surface area (Å²) in [5.41, 5.74) is 11.8. The van der Waals surface area contributed by atoms with Gasteiger partial charge in [0.15, 0.2) is 17.3 Å². The first-order valence-electron chi connectivity index (χ1n) is 17.5. The average Bonchev–Trinajstić information content (AvgIpc) is 3.50. The summed E-state index contributed by atoms with van der Waals surface area (Å²) >= 11 is 0. The van der Waals surface area contributed by atoms with E-state index in [9.17, 15) is 4.79 Å². The molecule has 7 rings (SSSR count). The fourth-order valence-corrected chi connectivity index (χ4v) is 8.06. The van der Waals surface area contributed by atoms with Crippen LogP contribution in [-0.4, -0.2) is 107 Å². The molecule has 47 heavy (non-hydrogen) atoms. The molecule has 1 saturated carbocycles. The van der Waals surface area contributed by atoms with Crippen LogP contribution < -0.4 is 21.3 Å². The Bertz CT molecular complexity index is 1560. The van der Waals surface area contributed by atoms with Crippen LogP contribution in [0.25, 0.3) is 11.4 Å². The number of nitrogens with one attached hydrogen (secondary N) is 3. The average molecular weight is 643 g/mol. The van der Waals surface area contributed by atoms with E-state index in [-0.39, 0.29) is 11.7 Å².